The van der Waals surface area contributed by atoms with E-state index in [2.05, 4.69) is 4.90 Å². The van der Waals surface area contributed by atoms with Crippen molar-refractivity contribution < 1.29 is 9.59 Å². The fourth-order valence-corrected chi connectivity index (χ4v) is 3.96. The van der Waals surface area contributed by atoms with E-state index >= 15 is 0 Å². The lowest BCUT2D eigenvalue weighted by Gasteiger charge is -2.25. The van der Waals surface area contributed by atoms with Gasteiger partial charge in [-0.15, -0.1) is 0 Å². The van der Waals surface area contributed by atoms with Gasteiger partial charge in [0.1, 0.15) is 0 Å². The maximum absolute atomic E-state index is 12.9. The molecule has 1 aromatic carbocycles. The average molecular weight is 298 g/mol. The average Bonchev–Trinajstić information content (AvgIpc) is 3.16. The molecule has 0 aromatic heterocycles. The Morgan fingerprint density at radius 2 is 1.95 bits per heavy atom. The third-order valence-corrected chi connectivity index (χ3v) is 5.40. The maximum Gasteiger partial charge on any atom is 0.254 e. The van der Waals surface area contributed by atoms with Gasteiger partial charge in [-0.1, -0.05) is 18.2 Å². The zero-order chi connectivity index (χ0) is 15.3. The summed E-state index contributed by atoms with van der Waals surface area (Å²) in [5.74, 6) is 1.04. The molecule has 0 unspecified atom stereocenters. The number of carbonyl (C=O) groups excluding carboxylic acids is 2. The Labute approximate surface area is 131 Å². The van der Waals surface area contributed by atoms with Crippen molar-refractivity contribution in [1.29, 1.82) is 0 Å². The number of nitrogens with zero attached hydrogens (tertiary/aromatic N) is 2. The predicted octanol–water partition coefficient (Wildman–Crippen LogP) is 2.22. The number of fused-ring (bicyclic) bond motifs is 1. The number of hydrogen-bond acceptors (Lipinski definition) is 2. The van der Waals surface area contributed by atoms with Gasteiger partial charge < -0.3 is 9.80 Å². The van der Waals surface area contributed by atoms with Crippen LogP contribution in [-0.4, -0.2) is 46.8 Å². The van der Waals surface area contributed by atoms with E-state index in [9.17, 15) is 9.59 Å². The van der Waals surface area contributed by atoms with Crippen LogP contribution in [0.15, 0.2) is 24.3 Å². The fourth-order valence-electron chi connectivity index (χ4n) is 3.96. The van der Waals surface area contributed by atoms with Gasteiger partial charge in [-0.3, -0.25) is 9.59 Å². The summed E-state index contributed by atoms with van der Waals surface area (Å²) in [6.07, 6.45) is 3.95. The van der Waals surface area contributed by atoms with E-state index in [1.807, 2.05) is 36.1 Å². The van der Waals surface area contributed by atoms with Crippen molar-refractivity contribution in [1.82, 2.24) is 9.80 Å². The molecule has 1 aliphatic carbocycles. The quantitative estimate of drug-likeness (QED) is 0.858. The number of hydrogen-bond donors (Lipinski definition) is 0. The van der Waals surface area contributed by atoms with Gasteiger partial charge in [0.15, 0.2) is 0 Å². The van der Waals surface area contributed by atoms with Crippen molar-refractivity contribution in [2.45, 2.75) is 44.7 Å². The summed E-state index contributed by atoms with van der Waals surface area (Å²) >= 11 is 0. The number of rotatable bonds is 3. The van der Waals surface area contributed by atoms with Crippen molar-refractivity contribution in [2.75, 3.05) is 13.1 Å². The molecule has 3 fully saturated rings. The van der Waals surface area contributed by atoms with E-state index < -0.39 is 0 Å². The second-order valence-corrected chi connectivity index (χ2v) is 6.93. The first-order chi connectivity index (χ1) is 10.6. The number of amides is 2. The van der Waals surface area contributed by atoms with Crippen LogP contribution < -0.4 is 0 Å². The maximum atomic E-state index is 12.9. The largest absolute Gasteiger partial charge is 0.337 e. The van der Waals surface area contributed by atoms with Gasteiger partial charge in [0.2, 0.25) is 5.91 Å². The Balaban J connectivity index is 1.54. The van der Waals surface area contributed by atoms with Gasteiger partial charge in [-0.05, 0) is 43.7 Å². The summed E-state index contributed by atoms with van der Waals surface area (Å²) in [6.45, 7) is 3.66. The lowest BCUT2D eigenvalue weighted by atomic mass is 10.1. The molecule has 4 heteroatoms. The van der Waals surface area contributed by atoms with Gasteiger partial charge in [-0.2, -0.15) is 0 Å². The molecule has 4 rings (SSSR count). The van der Waals surface area contributed by atoms with Gasteiger partial charge >= 0.3 is 0 Å². The molecule has 0 radical (unpaired) electrons. The second kappa shape index (κ2) is 5.11. The number of benzene rings is 1. The fraction of sp³-hybridized carbons (Fsp3) is 0.556. The molecule has 2 amide bonds. The van der Waals surface area contributed by atoms with Crippen molar-refractivity contribution in [3.63, 3.8) is 0 Å². The summed E-state index contributed by atoms with van der Waals surface area (Å²) in [5.41, 5.74) is 1.78. The SMILES string of the molecule is Cc1ccccc1C(=O)N1CC[C@H]2[C@@H]1CC(=O)N2CC1CC1. The van der Waals surface area contributed by atoms with Crippen molar-refractivity contribution in [3.05, 3.63) is 35.4 Å². The van der Waals surface area contributed by atoms with E-state index in [1.165, 1.54) is 12.8 Å². The lowest BCUT2D eigenvalue weighted by molar-refractivity contribution is -0.129. The zero-order valence-corrected chi connectivity index (χ0v) is 13.0. The predicted molar refractivity (Wildman–Crippen MR) is 83.5 cm³/mol. The minimum absolute atomic E-state index is 0.0818. The highest BCUT2D eigenvalue weighted by atomic mass is 16.2. The number of likely N-dealkylation sites (tertiary alicyclic amines) is 2. The minimum Gasteiger partial charge on any atom is -0.337 e. The summed E-state index contributed by atoms with van der Waals surface area (Å²) < 4.78 is 0. The van der Waals surface area contributed by atoms with Crippen LogP contribution in [0.1, 0.15) is 41.6 Å². The molecule has 2 atom stereocenters. The van der Waals surface area contributed by atoms with Crippen molar-refractivity contribution in [3.8, 4) is 0 Å². The highest BCUT2D eigenvalue weighted by molar-refractivity contribution is 5.96. The summed E-state index contributed by atoms with van der Waals surface area (Å²) in [5, 5.41) is 0. The monoisotopic (exact) mass is 298 g/mol. The molecule has 116 valence electrons. The smallest absolute Gasteiger partial charge is 0.254 e. The summed E-state index contributed by atoms with van der Waals surface area (Å²) in [7, 11) is 0. The molecule has 2 aliphatic heterocycles. The topological polar surface area (TPSA) is 40.6 Å². The Kier molecular flexibility index (Phi) is 3.21. The molecule has 2 heterocycles. The summed E-state index contributed by atoms with van der Waals surface area (Å²) in [6, 6.07) is 8.06. The normalized spacial score (nSPS) is 27.4. The highest BCUT2D eigenvalue weighted by Gasteiger charge is 2.49. The molecule has 0 bridgehead atoms. The van der Waals surface area contributed by atoms with Crippen molar-refractivity contribution >= 4 is 11.8 Å². The third-order valence-electron chi connectivity index (χ3n) is 5.40. The van der Waals surface area contributed by atoms with Crippen LogP contribution in [0.5, 0.6) is 0 Å². The van der Waals surface area contributed by atoms with Crippen LogP contribution in [-0.2, 0) is 4.79 Å². The van der Waals surface area contributed by atoms with Crippen LogP contribution in [0.3, 0.4) is 0 Å². The molecule has 22 heavy (non-hydrogen) atoms. The van der Waals surface area contributed by atoms with Gasteiger partial charge in [0, 0.05) is 25.1 Å². The molecular formula is C18H22N2O2. The standard InChI is InChI=1S/C18H22N2O2/c1-12-4-2-3-5-14(12)18(22)19-9-8-15-16(19)10-17(21)20(15)11-13-6-7-13/h2-5,13,15-16H,6-11H2,1H3/t15-,16-/m0/s1. The minimum atomic E-state index is 0.0818. The molecule has 1 saturated carbocycles. The third kappa shape index (κ3) is 2.21. The summed E-state index contributed by atoms with van der Waals surface area (Å²) in [4.78, 5) is 29.2. The van der Waals surface area contributed by atoms with Crippen LogP contribution in [0.2, 0.25) is 0 Å². The lowest BCUT2D eigenvalue weighted by Crippen LogP contribution is -2.40. The first-order valence-corrected chi connectivity index (χ1v) is 8.31. The Bertz CT molecular complexity index is 623. The highest BCUT2D eigenvalue weighted by Crippen LogP contribution is 2.38. The number of carbonyl (C=O) groups is 2. The van der Waals surface area contributed by atoms with Gasteiger partial charge in [0.05, 0.1) is 12.1 Å². The van der Waals surface area contributed by atoms with E-state index in [0.717, 1.165) is 30.6 Å². The van der Waals surface area contributed by atoms with Crippen molar-refractivity contribution in [2.24, 2.45) is 5.92 Å². The molecule has 0 N–H and O–H groups in total. The van der Waals surface area contributed by atoms with E-state index in [0.29, 0.717) is 12.3 Å². The molecule has 4 nitrogen and oxygen atoms in total. The van der Waals surface area contributed by atoms with E-state index in [1.54, 1.807) is 0 Å². The molecule has 1 aromatic rings. The molecule has 3 aliphatic rings. The van der Waals surface area contributed by atoms with Gasteiger partial charge in [-0.25, -0.2) is 0 Å². The first kappa shape index (κ1) is 13.8. The Hall–Kier alpha value is -1.84. The van der Waals surface area contributed by atoms with Crippen LogP contribution in [0.4, 0.5) is 0 Å². The van der Waals surface area contributed by atoms with E-state index in [-0.39, 0.29) is 23.9 Å². The molecule has 2 saturated heterocycles. The second-order valence-electron chi connectivity index (χ2n) is 6.93. The Morgan fingerprint density at radius 3 is 2.68 bits per heavy atom. The van der Waals surface area contributed by atoms with E-state index in [4.69, 9.17) is 0 Å². The first-order valence-electron chi connectivity index (χ1n) is 8.31. The van der Waals surface area contributed by atoms with Crippen LogP contribution >= 0.6 is 0 Å². The number of aryl methyl sites for hydroxylation is 1. The van der Waals surface area contributed by atoms with Crippen LogP contribution in [0.25, 0.3) is 0 Å². The Morgan fingerprint density at radius 1 is 1.18 bits per heavy atom. The van der Waals surface area contributed by atoms with Gasteiger partial charge in [0.25, 0.3) is 5.91 Å². The zero-order valence-electron chi connectivity index (χ0n) is 13.0. The van der Waals surface area contributed by atoms with Crippen LogP contribution in [0, 0.1) is 12.8 Å². The molecular weight excluding hydrogens is 276 g/mol. The molecule has 0 spiro atoms.